The normalized spacial score (nSPS) is 21.0. The average Bonchev–Trinajstić information content (AvgIpc) is 2.85. The molecule has 0 bridgehead atoms. The molecule has 0 saturated carbocycles. The van der Waals surface area contributed by atoms with Gasteiger partial charge < -0.3 is 15.5 Å². The van der Waals surface area contributed by atoms with E-state index in [0.29, 0.717) is 23.8 Å². The van der Waals surface area contributed by atoms with Gasteiger partial charge in [0.1, 0.15) is 12.6 Å². The number of hydrogen-bond donors (Lipinski definition) is 4. The van der Waals surface area contributed by atoms with Gasteiger partial charge >= 0.3 is 11.9 Å². The van der Waals surface area contributed by atoms with Gasteiger partial charge in [0.2, 0.25) is 5.91 Å². The minimum Gasteiger partial charge on any atom is -0.480 e. The summed E-state index contributed by atoms with van der Waals surface area (Å²) in [6.45, 7) is 1.57. The minimum atomic E-state index is -1.11. The fourth-order valence-corrected chi connectivity index (χ4v) is 5.16. The number of benzene rings is 1. The van der Waals surface area contributed by atoms with Crippen LogP contribution in [0.5, 0.6) is 0 Å². The number of nitrogens with one attached hydrogen (secondary N) is 2. The number of nitrogens with zero attached hydrogens (tertiary/aromatic N) is 1. The predicted octanol–water partition coefficient (Wildman–Crippen LogP) is 1.79. The Hall–Kier alpha value is -2.10. The van der Waals surface area contributed by atoms with Crippen molar-refractivity contribution in [3.8, 4) is 0 Å². The fraction of sp³-hybridized carbons (Fsp3) is 0.571. The highest BCUT2D eigenvalue weighted by molar-refractivity contribution is 7.99. The summed E-state index contributed by atoms with van der Waals surface area (Å²) in [5, 5.41) is 25.3. The van der Waals surface area contributed by atoms with Gasteiger partial charge in [0.15, 0.2) is 0 Å². The van der Waals surface area contributed by atoms with Crippen LogP contribution in [-0.2, 0) is 14.4 Å². The monoisotopic (exact) mass is 435 g/mol. The van der Waals surface area contributed by atoms with Gasteiger partial charge in [0.25, 0.3) is 0 Å². The second-order valence-corrected chi connectivity index (χ2v) is 8.89. The van der Waals surface area contributed by atoms with E-state index in [1.54, 1.807) is 12.1 Å². The topological polar surface area (TPSA) is 119 Å². The van der Waals surface area contributed by atoms with E-state index in [-0.39, 0.29) is 0 Å². The third kappa shape index (κ3) is 5.96. The quantitative estimate of drug-likeness (QED) is 0.464. The highest BCUT2D eigenvalue weighted by Crippen LogP contribution is 2.34. The lowest BCUT2D eigenvalue weighted by Crippen LogP contribution is -2.53. The molecule has 9 heteroatoms. The molecule has 1 unspecified atom stereocenters. The Kier molecular flexibility index (Phi) is 8.12. The number of para-hydroxylation sites is 1. The minimum absolute atomic E-state index is 0.351. The van der Waals surface area contributed by atoms with Crippen LogP contribution in [0.25, 0.3) is 0 Å². The molecule has 164 valence electrons. The van der Waals surface area contributed by atoms with Crippen LogP contribution in [0.1, 0.15) is 32.1 Å². The maximum atomic E-state index is 13.1. The molecule has 2 aliphatic rings. The molecule has 0 aliphatic carbocycles. The number of carbonyl (C=O) groups is 3. The van der Waals surface area contributed by atoms with Crippen molar-refractivity contribution in [1.29, 1.82) is 0 Å². The number of amides is 1. The van der Waals surface area contributed by atoms with E-state index >= 15 is 0 Å². The summed E-state index contributed by atoms with van der Waals surface area (Å²) in [6, 6.07) is 5.56. The zero-order valence-electron chi connectivity index (χ0n) is 16.9. The van der Waals surface area contributed by atoms with E-state index in [0.717, 1.165) is 43.7 Å². The lowest BCUT2D eigenvalue weighted by Gasteiger charge is -2.27. The van der Waals surface area contributed by atoms with Crippen molar-refractivity contribution in [2.24, 2.45) is 5.92 Å². The number of carboxylic acids is 2. The molecule has 30 heavy (non-hydrogen) atoms. The summed E-state index contributed by atoms with van der Waals surface area (Å²) in [5.41, 5.74) is 0.553. The number of hydrogen-bond acceptors (Lipinski definition) is 6. The first kappa shape index (κ1) is 22.6. The molecule has 1 aromatic rings. The zero-order valence-corrected chi connectivity index (χ0v) is 17.7. The molecule has 0 aromatic heterocycles. The van der Waals surface area contributed by atoms with Crippen LogP contribution in [0.2, 0.25) is 0 Å². The van der Waals surface area contributed by atoms with Gasteiger partial charge in [-0.25, -0.2) is 0 Å². The van der Waals surface area contributed by atoms with Crippen LogP contribution in [0, 0.1) is 5.92 Å². The Balaban J connectivity index is 1.66. The predicted molar refractivity (Wildman–Crippen MR) is 115 cm³/mol. The van der Waals surface area contributed by atoms with Crippen molar-refractivity contribution in [1.82, 2.24) is 10.6 Å². The van der Waals surface area contributed by atoms with Gasteiger partial charge in [-0.3, -0.25) is 24.6 Å². The molecule has 1 saturated heterocycles. The van der Waals surface area contributed by atoms with E-state index in [1.165, 1.54) is 16.7 Å². The first-order valence-electron chi connectivity index (χ1n) is 10.4. The fourth-order valence-electron chi connectivity index (χ4n) is 4.07. The van der Waals surface area contributed by atoms with E-state index in [9.17, 15) is 24.6 Å². The first-order chi connectivity index (χ1) is 14.5. The summed E-state index contributed by atoms with van der Waals surface area (Å²) >= 11 is 1.43. The van der Waals surface area contributed by atoms with Crippen LogP contribution in [-0.4, -0.2) is 65.5 Å². The van der Waals surface area contributed by atoms with Gasteiger partial charge in [-0.1, -0.05) is 25.0 Å². The number of carbonyl (C=O) groups excluding carboxylic acids is 1. The van der Waals surface area contributed by atoms with Crippen molar-refractivity contribution in [2.45, 2.75) is 49.1 Å². The Morgan fingerprint density at radius 1 is 1.23 bits per heavy atom. The smallest absolute Gasteiger partial charge is 0.323 e. The molecule has 4 N–H and O–H groups in total. The summed E-state index contributed by atoms with van der Waals surface area (Å²) in [6.07, 6.45) is 4.44. The van der Waals surface area contributed by atoms with Gasteiger partial charge in [-0.2, -0.15) is 0 Å². The van der Waals surface area contributed by atoms with Crippen LogP contribution in [0.4, 0.5) is 5.69 Å². The number of anilines is 1. The van der Waals surface area contributed by atoms with E-state index in [4.69, 9.17) is 0 Å². The number of fused-ring (bicyclic) bond motifs is 1. The zero-order chi connectivity index (χ0) is 21.5. The second-order valence-electron chi connectivity index (χ2n) is 7.83. The first-order valence-corrected chi connectivity index (χ1v) is 11.4. The third-order valence-electron chi connectivity index (χ3n) is 5.68. The molecule has 1 amide bonds. The largest absolute Gasteiger partial charge is 0.480 e. The number of rotatable bonds is 9. The molecule has 8 nitrogen and oxygen atoms in total. The summed E-state index contributed by atoms with van der Waals surface area (Å²) in [7, 11) is 0. The summed E-state index contributed by atoms with van der Waals surface area (Å²) in [5.74, 6) is -1.52. The third-order valence-corrected chi connectivity index (χ3v) is 6.84. The Morgan fingerprint density at radius 3 is 2.67 bits per heavy atom. The van der Waals surface area contributed by atoms with Gasteiger partial charge in [-0.05, 0) is 50.4 Å². The molecule has 2 aliphatic heterocycles. The number of piperidine rings is 1. The van der Waals surface area contributed by atoms with Crippen molar-refractivity contribution in [2.75, 3.05) is 30.3 Å². The molecular weight excluding hydrogens is 406 g/mol. The standard InChI is InChI=1S/C21H29N3O5S/c25-19(26)12-24-17-6-1-2-7-18(17)30-13-16(20(24)27)23-15(21(28)29)5-3-4-14-8-10-22-11-9-14/h1-2,6-7,14-16,22-23H,3-5,8-13H2,(H,25,26)(H,28,29)/t15-,16?/m1/s1. The molecule has 2 heterocycles. The molecule has 0 spiro atoms. The van der Waals surface area contributed by atoms with Gasteiger partial charge in [0, 0.05) is 10.6 Å². The Labute approximate surface area is 180 Å². The number of aliphatic carboxylic acids is 2. The summed E-state index contributed by atoms with van der Waals surface area (Å²) < 4.78 is 0. The van der Waals surface area contributed by atoms with Crippen LogP contribution >= 0.6 is 11.8 Å². The van der Waals surface area contributed by atoms with Gasteiger partial charge in [0.05, 0.1) is 11.7 Å². The number of carboxylic acid groups (broad SMARTS) is 2. The molecule has 3 rings (SSSR count). The van der Waals surface area contributed by atoms with E-state index < -0.39 is 36.5 Å². The lowest BCUT2D eigenvalue weighted by atomic mass is 9.91. The van der Waals surface area contributed by atoms with Crippen molar-refractivity contribution >= 4 is 35.3 Å². The molecular formula is C21H29N3O5S. The van der Waals surface area contributed by atoms with Crippen molar-refractivity contribution in [3.63, 3.8) is 0 Å². The highest BCUT2D eigenvalue weighted by atomic mass is 32.2. The molecule has 1 aromatic carbocycles. The molecule has 2 atom stereocenters. The second kappa shape index (κ2) is 10.8. The maximum absolute atomic E-state index is 13.1. The van der Waals surface area contributed by atoms with E-state index in [1.807, 2.05) is 12.1 Å². The van der Waals surface area contributed by atoms with Gasteiger partial charge in [-0.15, -0.1) is 11.8 Å². The maximum Gasteiger partial charge on any atom is 0.323 e. The number of thioether (sulfide) groups is 1. The lowest BCUT2D eigenvalue weighted by molar-refractivity contribution is -0.140. The van der Waals surface area contributed by atoms with Crippen LogP contribution < -0.4 is 15.5 Å². The molecule has 0 radical (unpaired) electrons. The Morgan fingerprint density at radius 2 is 1.97 bits per heavy atom. The highest BCUT2D eigenvalue weighted by Gasteiger charge is 2.34. The molecule has 1 fully saturated rings. The Bertz CT molecular complexity index is 769. The summed E-state index contributed by atoms with van der Waals surface area (Å²) in [4.78, 5) is 38.3. The van der Waals surface area contributed by atoms with E-state index in [2.05, 4.69) is 10.6 Å². The van der Waals surface area contributed by atoms with Crippen LogP contribution in [0.15, 0.2) is 29.2 Å². The average molecular weight is 436 g/mol. The van der Waals surface area contributed by atoms with Crippen LogP contribution in [0.3, 0.4) is 0 Å². The van der Waals surface area contributed by atoms with Crippen molar-refractivity contribution in [3.05, 3.63) is 24.3 Å². The SMILES string of the molecule is O=C(O)CN1C(=O)C(N[C@H](CCCC2CCNCC2)C(=O)O)CSc2ccccc21. The van der Waals surface area contributed by atoms with Crippen molar-refractivity contribution < 1.29 is 24.6 Å².